The summed E-state index contributed by atoms with van der Waals surface area (Å²) in [5.74, 6) is 7.35. The molecule has 4 aliphatic carbocycles. The smallest absolute Gasteiger partial charge is 0.335 e. The number of aliphatic hydroxyl groups is 1. The number of ether oxygens (including phenoxy) is 2. The molecule has 0 bridgehead atoms. The predicted molar refractivity (Wildman–Crippen MR) is 201 cm³/mol. The van der Waals surface area contributed by atoms with Crippen molar-refractivity contribution in [3.8, 4) is 0 Å². The fourth-order valence-electron chi connectivity index (χ4n) is 10.4. The highest BCUT2D eigenvalue weighted by Crippen LogP contribution is 2.51. The van der Waals surface area contributed by atoms with Gasteiger partial charge >= 0.3 is 11.9 Å². The summed E-state index contributed by atoms with van der Waals surface area (Å²) in [5, 5.41) is 9.14. The molecule has 0 aromatic rings. The zero-order chi connectivity index (χ0) is 35.0. The molecule has 5 nitrogen and oxygen atoms in total. The standard InChI is InChI=1S/C44H72O5/c1-5-7-8-10-36-15-18-42-30-41(24-23-40(42)29-36)39-21-19-38(20-22-39)37-16-13-34(14-17-37)11-9-12-35(25-27-48-43(46)32(3)6-2)26-28-49-44(47)33(4)31-45/h5,7,34-42,45H,3-4,6,8-31H2,1-2H3/b7-5+. The Morgan fingerprint density at radius 3 is 1.76 bits per heavy atom. The Morgan fingerprint density at radius 2 is 1.16 bits per heavy atom. The van der Waals surface area contributed by atoms with Gasteiger partial charge in [-0.1, -0.05) is 70.8 Å². The van der Waals surface area contributed by atoms with Crippen molar-refractivity contribution in [3.05, 3.63) is 36.5 Å². The van der Waals surface area contributed by atoms with Crippen molar-refractivity contribution in [3.63, 3.8) is 0 Å². The molecule has 0 spiro atoms. The summed E-state index contributed by atoms with van der Waals surface area (Å²) in [6, 6.07) is 0. The average Bonchev–Trinajstić information content (AvgIpc) is 3.14. The van der Waals surface area contributed by atoms with Crippen LogP contribution >= 0.6 is 0 Å². The monoisotopic (exact) mass is 681 g/mol. The van der Waals surface area contributed by atoms with E-state index in [0.29, 0.717) is 31.1 Å². The molecular weight excluding hydrogens is 608 g/mol. The Balaban J connectivity index is 1.11. The summed E-state index contributed by atoms with van der Waals surface area (Å²) in [7, 11) is 0. The van der Waals surface area contributed by atoms with Crippen LogP contribution in [-0.4, -0.2) is 36.9 Å². The van der Waals surface area contributed by atoms with E-state index in [1.807, 2.05) is 6.92 Å². The topological polar surface area (TPSA) is 72.8 Å². The lowest BCUT2D eigenvalue weighted by atomic mass is 9.60. The van der Waals surface area contributed by atoms with Gasteiger partial charge in [-0.2, -0.15) is 0 Å². The lowest BCUT2D eigenvalue weighted by molar-refractivity contribution is -0.139. The van der Waals surface area contributed by atoms with Gasteiger partial charge in [0, 0.05) is 5.57 Å². The molecule has 5 atom stereocenters. The minimum absolute atomic E-state index is 0.0817. The zero-order valence-electron chi connectivity index (χ0n) is 31.5. The van der Waals surface area contributed by atoms with Crippen LogP contribution in [0.25, 0.3) is 0 Å². The van der Waals surface area contributed by atoms with Gasteiger partial charge in [-0.3, -0.25) is 0 Å². The average molecular weight is 681 g/mol. The van der Waals surface area contributed by atoms with E-state index in [2.05, 4.69) is 32.2 Å². The lowest BCUT2D eigenvalue weighted by Crippen LogP contribution is -2.35. The molecule has 1 N–H and O–H groups in total. The van der Waals surface area contributed by atoms with Crippen LogP contribution < -0.4 is 0 Å². The van der Waals surface area contributed by atoms with Crippen molar-refractivity contribution in [2.45, 2.75) is 155 Å². The van der Waals surface area contributed by atoms with Crippen molar-refractivity contribution in [2.75, 3.05) is 19.8 Å². The summed E-state index contributed by atoms with van der Waals surface area (Å²) in [6.07, 6.45) is 33.6. The van der Waals surface area contributed by atoms with E-state index in [9.17, 15) is 9.59 Å². The van der Waals surface area contributed by atoms with Crippen molar-refractivity contribution in [1.29, 1.82) is 0 Å². The van der Waals surface area contributed by atoms with Crippen LogP contribution in [0.1, 0.15) is 155 Å². The molecule has 0 radical (unpaired) electrons. The van der Waals surface area contributed by atoms with Gasteiger partial charge in [0.1, 0.15) is 0 Å². The number of aliphatic hydroxyl groups excluding tert-OH is 1. The molecule has 278 valence electrons. The van der Waals surface area contributed by atoms with Crippen molar-refractivity contribution in [2.24, 2.45) is 53.3 Å². The molecule has 0 aliphatic heterocycles. The number of hydrogen-bond acceptors (Lipinski definition) is 5. The summed E-state index contributed by atoms with van der Waals surface area (Å²) in [5.41, 5.74) is 0.584. The lowest BCUT2D eigenvalue weighted by Gasteiger charge is -2.46. The summed E-state index contributed by atoms with van der Waals surface area (Å²) >= 11 is 0. The Hall–Kier alpha value is -1.88. The maximum Gasteiger partial charge on any atom is 0.335 e. The Labute approximate surface area is 300 Å². The Kier molecular flexibility index (Phi) is 17.5. The second-order valence-corrected chi connectivity index (χ2v) is 16.7. The van der Waals surface area contributed by atoms with E-state index in [4.69, 9.17) is 14.6 Å². The summed E-state index contributed by atoms with van der Waals surface area (Å²) in [6.45, 7) is 11.7. The second kappa shape index (κ2) is 21.5. The number of fused-ring (bicyclic) bond motifs is 1. The molecule has 5 heteroatoms. The van der Waals surface area contributed by atoms with Crippen LogP contribution in [0.5, 0.6) is 0 Å². The first-order valence-electron chi connectivity index (χ1n) is 20.7. The number of carbonyl (C=O) groups is 2. The van der Waals surface area contributed by atoms with Gasteiger partial charge < -0.3 is 14.6 Å². The molecule has 0 aromatic heterocycles. The third-order valence-electron chi connectivity index (χ3n) is 13.7. The highest BCUT2D eigenvalue weighted by Gasteiger charge is 2.39. The Morgan fingerprint density at radius 1 is 0.673 bits per heavy atom. The third kappa shape index (κ3) is 13.0. The molecule has 0 amide bonds. The van der Waals surface area contributed by atoms with Gasteiger partial charge in [0.15, 0.2) is 0 Å². The minimum Gasteiger partial charge on any atom is -0.462 e. The van der Waals surface area contributed by atoms with Crippen LogP contribution in [0.2, 0.25) is 0 Å². The van der Waals surface area contributed by atoms with E-state index in [1.54, 1.807) is 6.42 Å². The fourth-order valence-corrected chi connectivity index (χ4v) is 10.4. The quantitative estimate of drug-likeness (QED) is 0.0835. The van der Waals surface area contributed by atoms with Gasteiger partial charge in [0.25, 0.3) is 0 Å². The third-order valence-corrected chi connectivity index (χ3v) is 13.7. The van der Waals surface area contributed by atoms with Gasteiger partial charge in [-0.15, -0.1) is 0 Å². The SMILES string of the molecule is C=C(CC)C(=O)OCCC(CCCC1CCC(C2CCC(C3CCC4CC(CC/C=C/C)CCC4C3)CC2)CC1)CCOC(=O)C(=C)CO. The van der Waals surface area contributed by atoms with Crippen LogP contribution in [0.4, 0.5) is 0 Å². The van der Waals surface area contributed by atoms with Crippen LogP contribution in [0, 0.1) is 53.3 Å². The van der Waals surface area contributed by atoms with E-state index >= 15 is 0 Å². The first-order valence-corrected chi connectivity index (χ1v) is 20.7. The number of allylic oxidation sites excluding steroid dienone is 2. The van der Waals surface area contributed by atoms with Crippen LogP contribution in [-0.2, 0) is 19.1 Å². The van der Waals surface area contributed by atoms with Crippen molar-refractivity contribution >= 4 is 11.9 Å². The molecule has 0 saturated heterocycles. The van der Waals surface area contributed by atoms with Crippen molar-refractivity contribution in [1.82, 2.24) is 0 Å². The molecular formula is C44H72O5. The molecule has 4 rings (SSSR count). The normalized spacial score (nSPS) is 31.1. The highest BCUT2D eigenvalue weighted by molar-refractivity contribution is 5.88. The number of rotatable bonds is 19. The van der Waals surface area contributed by atoms with Gasteiger partial charge in [0.2, 0.25) is 0 Å². The van der Waals surface area contributed by atoms with Gasteiger partial charge in [0.05, 0.1) is 25.4 Å². The molecule has 4 fully saturated rings. The fraction of sp³-hybridized carbons (Fsp3) is 0.818. The van der Waals surface area contributed by atoms with E-state index in [0.717, 1.165) is 73.0 Å². The largest absolute Gasteiger partial charge is 0.462 e. The van der Waals surface area contributed by atoms with Gasteiger partial charge in [-0.05, 0) is 163 Å². The highest BCUT2D eigenvalue weighted by atomic mass is 16.5. The number of carbonyl (C=O) groups excluding carboxylic acids is 2. The minimum atomic E-state index is -0.534. The molecule has 5 unspecified atom stereocenters. The summed E-state index contributed by atoms with van der Waals surface area (Å²) in [4.78, 5) is 24.0. The number of hydrogen-bond donors (Lipinski definition) is 1. The molecule has 0 heterocycles. The predicted octanol–water partition coefficient (Wildman–Crippen LogP) is 11.0. The van der Waals surface area contributed by atoms with Gasteiger partial charge in [-0.25, -0.2) is 9.59 Å². The van der Waals surface area contributed by atoms with E-state index < -0.39 is 5.97 Å². The van der Waals surface area contributed by atoms with E-state index in [-0.39, 0.29) is 18.1 Å². The molecule has 4 aliphatic rings. The van der Waals surface area contributed by atoms with Crippen LogP contribution in [0.3, 0.4) is 0 Å². The molecule has 0 aromatic carbocycles. The first-order chi connectivity index (χ1) is 23.8. The first kappa shape index (κ1) is 39.9. The molecule has 4 saturated carbocycles. The second-order valence-electron chi connectivity index (χ2n) is 16.7. The summed E-state index contributed by atoms with van der Waals surface area (Å²) < 4.78 is 10.8. The van der Waals surface area contributed by atoms with Crippen molar-refractivity contribution < 1.29 is 24.2 Å². The maximum absolute atomic E-state index is 12.1. The van der Waals surface area contributed by atoms with Crippen LogP contribution in [0.15, 0.2) is 36.5 Å². The van der Waals surface area contributed by atoms with E-state index in [1.165, 1.54) is 103 Å². The zero-order valence-corrected chi connectivity index (χ0v) is 31.5. The Bertz CT molecular complexity index is 1010. The molecule has 49 heavy (non-hydrogen) atoms. The number of esters is 2. The maximum atomic E-state index is 12.1.